The zero-order valence-corrected chi connectivity index (χ0v) is 15.3. The Morgan fingerprint density at radius 3 is 2.69 bits per heavy atom. The molecule has 26 heavy (non-hydrogen) atoms. The van der Waals surface area contributed by atoms with Crippen LogP contribution in [0.5, 0.6) is 5.75 Å². The molecule has 1 N–H and O–H groups in total. The normalized spacial score (nSPS) is 16.6. The fourth-order valence-corrected chi connectivity index (χ4v) is 3.14. The molecule has 3 rings (SSSR count). The summed E-state index contributed by atoms with van der Waals surface area (Å²) in [5.41, 5.74) is 1.68. The van der Waals surface area contributed by atoms with Crippen molar-refractivity contribution in [2.45, 2.75) is 19.9 Å². The molecule has 0 aliphatic carbocycles. The number of rotatable bonds is 6. The maximum Gasteiger partial charge on any atom is 0.227 e. The number of anilines is 1. The molecule has 1 atom stereocenters. The molecule has 1 heterocycles. The number of amides is 2. The fraction of sp³-hybridized carbons (Fsp3) is 0.300. The third-order valence-corrected chi connectivity index (χ3v) is 4.58. The predicted molar refractivity (Wildman–Crippen MR) is 101 cm³/mol. The van der Waals surface area contributed by atoms with Crippen molar-refractivity contribution in [3.63, 3.8) is 0 Å². The van der Waals surface area contributed by atoms with Gasteiger partial charge in [0.25, 0.3) is 0 Å². The lowest BCUT2D eigenvalue weighted by molar-refractivity contribution is -0.126. The van der Waals surface area contributed by atoms with Gasteiger partial charge in [-0.15, -0.1) is 0 Å². The van der Waals surface area contributed by atoms with E-state index < -0.39 is 0 Å². The van der Waals surface area contributed by atoms with E-state index in [1.165, 1.54) is 0 Å². The van der Waals surface area contributed by atoms with Crippen molar-refractivity contribution >= 4 is 29.1 Å². The topological polar surface area (TPSA) is 58.6 Å². The van der Waals surface area contributed by atoms with E-state index in [0.717, 1.165) is 5.56 Å². The summed E-state index contributed by atoms with van der Waals surface area (Å²) in [4.78, 5) is 26.5. The molecule has 0 unspecified atom stereocenters. The number of benzene rings is 2. The van der Waals surface area contributed by atoms with Gasteiger partial charge in [-0.3, -0.25) is 9.59 Å². The fourth-order valence-electron chi connectivity index (χ4n) is 3.01. The molecule has 1 aliphatic heterocycles. The summed E-state index contributed by atoms with van der Waals surface area (Å²) in [5.74, 6) is 0.101. The van der Waals surface area contributed by atoms with Crippen molar-refractivity contribution in [1.82, 2.24) is 5.32 Å². The Labute approximate surface area is 157 Å². The van der Waals surface area contributed by atoms with Crippen LogP contribution < -0.4 is 15.0 Å². The Kier molecular flexibility index (Phi) is 5.78. The molecule has 0 aromatic heterocycles. The van der Waals surface area contributed by atoms with Gasteiger partial charge in [0.15, 0.2) is 0 Å². The van der Waals surface area contributed by atoms with Crippen LogP contribution in [0.1, 0.15) is 18.9 Å². The van der Waals surface area contributed by atoms with Gasteiger partial charge in [0.1, 0.15) is 5.75 Å². The highest BCUT2D eigenvalue weighted by atomic mass is 35.5. The summed E-state index contributed by atoms with van der Waals surface area (Å²) >= 11 is 5.86. The van der Waals surface area contributed by atoms with Crippen LogP contribution in [0.4, 0.5) is 5.69 Å². The lowest BCUT2D eigenvalue weighted by Gasteiger charge is -2.20. The quantitative estimate of drug-likeness (QED) is 0.845. The number of halogens is 1. The van der Waals surface area contributed by atoms with Crippen LogP contribution in [-0.4, -0.2) is 25.0 Å². The van der Waals surface area contributed by atoms with Gasteiger partial charge in [-0.2, -0.15) is 0 Å². The van der Waals surface area contributed by atoms with Gasteiger partial charge in [-0.05, 0) is 36.8 Å². The van der Waals surface area contributed by atoms with Gasteiger partial charge < -0.3 is 15.0 Å². The summed E-state index contributed by atoms with van der Waals surface area (Å²) < 4.78 is 5.60. The first-order valence-corrected chi connectivity index (χ1v) is 9.00. The number of ether oxygens (including phenoxy) is 1. The molecule has 0 radical (unpaired) electrons. The van der Waals surface area contributed by atoms with Crippen LogP contribution in [0.3, 0.4) is 0 Å². The maximum atomic E-state index is 12.5. The van der Waals surface area contributed by atoms with Gasteiger partial charge in [0, 0.05) is 24.5 Å². The lowest BCUT2D eigenvalue weighted by Crippen LogP contribution is -2.32. The minimum absolute atomic E-state index is 0.0659. The second-order valence-electron chi connectivity index (χ2n) is 6.15. The first-order valence-electron chi connectivity index (χ1n) is 8.63. The zero-order valence-electron chi connectivity index (χ0n) is 14.6. The van der Waals surface area contributed by atoms with Gasteiger partial charge in [-0.25, -0.2) is 0 Å². The van der Waals surface area contributed by atoms with Gasteiger partial charge in [0.05, 0.1) is 18.2 Å². The molecule has 0 bridgehead atoms. The summed E-state index contributed by atoms with van der Waals surface area (Å²) in [7, 11) is 0. The van der Waals surface area contributed by atoms with Gasteiger partial charge in [0.2, 0.25) is 11.8 Å². The predicted octanol–water partition coefficient (Wildman–Crippen LogP) is 3.41. The lowest BCUT2D eigenvalue weighted by atomic mass is 10.1. The summed E-state index contributed by atoms with van der Waals surface area (Å²) in [6, 6.07) is 14.7. The van der Waals surface area contributed by atoms with Crippen LogP contribution in [0, 0.1) is 5.92 Å². The minimum atomic E-state index is -0.371. The summed E-state index contributed by atoms with van der Waals surface area (Å²) in [6.07, 6.45) is 0.201. The van der Waals surface area contributed by atoms with Crippen LogP contribution in [-0.2, 0) is 16.1 Å². The Morgan fingerprint density at radius 2 is 1.96 bits per heavy atom. The van der Waals surface area contributed by atoms with Gasteiger partial charge >= 0.3 is 0 Å². The molecule has 2 amide bonds. The number of nitrogens with one attached hydrogen (secondary N) is 1. The number of hydrogen-bond acceptors (Lipinski definition) is 3. The molecule has 6 heteroatoms. The number of para-hydroxylation sites is 2. The van der Waals surface area contributed by atoms with E-state index in [0.29, 0.717) is 36.2 Å². The largest absolute Gasteiger partial charge is 0.492 e. The van der Waals surface area contributed by atoms with E-state index in [-0.39, 0.29) is 24.2 Å². The average Bonchev–Trinajstić information content (AvgIpc) is 3.03. The van der Waals surface area contributed by atoms with Crippen LogP contribution >= 0.6 is 11.6 Å². The standard InChI is InChI=1S/C20H21ClN2O3/c1-2-26-18-6-4-3-5-17(18)23-13-15(11-19(23)24)20(25)22-12-14-7-9-16(21)10-8-14/h3-10,15H,2,11-13H2,1H3,(H,22,25)/t15-/m0/s1. The van der Waals surface area contributed by atoms with Crippen LogP contribution in [0.15, 0.2) is 48.5 Å². The number of hydrogen-bond donors (Lipinski definition) is 1. The molecular formula is C20H21ClN2O3. The summed E-state index contributed by atoms with van der Waals surface area (Å²) in [5, 5.41) is 3.56. The Bertz CT molecular complexity index is 792. The average molecular weight is 373 g/mol. The molecule has 0 saturated carbocycles. The highest BCUT2D eigenvalue weighted by molar-refractivity contribution is 6.30. The number of carbonyl (C=O) groups excluding carboxylic acids is 2. The highest BCUT2D eigenvalue weighted by Crippen LogP contribution is 2.33. The second kappa shape index (κ2) is 8.23. The first-order chi connectivity index (χ1) is 12.6. The molecule has 2 aromatic rings. The number of carbonyl (C=O) groups is 2. The Hall–Kier alpha value is -2.53. The molecule has 1 saturated heterocycles. The molecule has 136 valence electrons. The minimum Gasteiger partial charge on any atom is -0.492 e. The smallest absolute Gasteiger partial charge is 0.227 e. The van der Waals surface area contributed by atoms with Crippen molar-refractivity contribution in [2.24, 2.45) is 5.92 Å². The molecule has 1 fully saturated rings. The molecule has 1 aliphatic rings. The Morgan fingerprint density at radius 1 is 1.23 bits per heavy atom. The van der Waals surface area contributed by atoms with Crippen molar-refractivity contribution in [3.8, 4) is 5.75 Å². The second-order valence-corrected chi connectivity index (χ2v) is 6.59. The van der Waals surface area contributed by atoms with E-state index in [1.807, 2.05) is 43.3 Å². The van der Waals surface area contributed by atoms with Crippen molar-refractivity contribution in [1.29, 1.82) is 0 Å². The first kappa shape index (κ1) is 18.3. The number of nitrogens with zero attached hydrogens (tertiary/aromatic N) is 1. The zero-order chi connectivity index (χ0) is 18.5. The van der Waals surface area contributed by atoms with E-state index >= 15 is 0 Å². The van der Waals surface area contributed by atoms with Crippen molar-refractivity contribution < 1.29 is 14.3 Å². The van der Waals surface area contributed by atoms with Crippen molar-refractivity contribution in [2.75, 3.05) is 18.1 Å². The highest BCUT2D eigenvalue weighted by Gasteiger charge is 2.36. The van der Waals surface area contributed by atoms with Crippen molar-refractivity contribution in [3.05, 3.63) is 59.1 Å². The third-order valence-electron chi connectivity index (χ3n) is 4.33. The maximum absolute atomic E-state index is 12.5. The molecule has 0 spiro atoms. The van der Waals surface area contributed by atoms with E-state index in [4.69, 9.17) is 16.3 Å². The monoisotopic (exact) mass is 372 g/mol. The summed E-state index contributed by atoms with van der Waals surface area (Å²) in [6.45, 7) is 3.19. The molecule has 2 aromatic carbocycles. The van der Waals surface area contributed by atoms with E-state index in [2.05, 4.69) is 5.32 Å². The van der Waals surface area contributed by atoms with E-state index in [1.54, 1.807) is 17.0 Å². The van der Waals surface area contributed by atoms with Gasteiger partial charge in [-0.1, -0.05) is 35.9 Å². The van der Waals surface area contributed by atoms with Crippen LogP contribution in [0.25, 0.3) is 0 Å². The molecular weight excluding hydrogens is 352 g/mol. The Balaban J connectivity index is 1.64. The third kappa shape index (κ3) is 4.17. The van der Waals surface area contributed by atoms with Crippen LogP contribution in [0.2, 0.25) is 5.02 Å². The molecule has 5 nitrogen and oxygen atoms in total. The van der Waals surface area contributed by atoms with E-state index in [9.17, 15) is 9.59 Å². The SMILES string of the molecule is CCOc1ccccc1N1C[C@@H](C(=O)NCc2ccc(Cl)cc2)CC1=O.